The number of rotatable bonds is 5. The van der Waals surface area contributed by atoms with Gasteiger partial charge in [-0.05, 0) is 18.1 Å². The molecule has 0 fully saturated rings. The third-order valence-corrected chi connectivity index (χ3v) is 3.64. The minimum Gasteiger partial charge on any atom is -0.340 e. The summed E-state index contributed by atoms with van der Waals surface area (Å²) in [5.74, 6) is 0.802. The second-order valence-electron chi connectivity index (χ2n) is 5.75. The van der Waals surface area contributed by atoms with Crippen LogP contribution in [0.1, 0.15) is 36.1 Å². The van der Waals surface area contributed by atoms with Gasteiger partial charge in [-0.3, -0.25) is 9.78 Å². The number of nitrogens with one attached hydrogen (secondary N) is 1. The Morgan fingerprint density at radius 1 is 1.08 bits per heavy atom. The maximum absolute atomic E-state index is 12.4. The summed E-state index contributed by atoms with van der Waals surface area (Å²) in [6.45, 7) is 3.98. The van der Waals surface area contributed by atoms with Crippen molar-refractivity contribution in [2.45, 2.75) is 19.9 Å². The number of hydrogen-bond donors (Lipinski definition) is 1. The molecule has 0 aliphatic carbocycles. The first-order chi connectivity index (χ1) is 11.6. The molecule has 2 aromatic heterocycles. The van der Waals surface area contributed by atoms with Gasteiger partial charge in [0, 0.05) is 23.5 Å². The van der Waals surface area contributed by atoms with Crippen LogP contribution in [0.15, 0.2) is 59.4 Å². The zero-order chi connectivity index (χ0) is 16.9. The minimum absolute atomic E-state index is 0.0971. The van der Waals surface area contributed by atoms with Crippen LogP contribution in [0, 0.1) is 5.92 Å². The van der Waals surface area contributed by atoms with Crippen LogP contribution in [0.2, 0.25) is 0 Å². The second-order valence-corrected chi connectivity index (χ2v) is 5.75. The quantitative estimate of drug-likeness (QED) is 0.780. The highest BCUT2D eigenvalue weighted by molar-refractivity contribution is 5.94. The first-order valence-electron chi connectivity index (χ1n) is 7.75. The molecule has 0 aliphatic heterocycles. The third kappa shape index (κ3) is 3.48. The number of benzene rings is 1. The van der Waals surface area contributed by atoms with Crippen LogP contribution in [0.3, 0.4) is 0 Å². The van der Waals surface area contributed by atoms with E-state index < -0.39 is 0 Å². The standard InChI is InChI=1S/C18H18N4O2/c1-12(2)15(20-17(23)14-8-10-19-11-9-14)18-21-16(22-24-18)13-6-4-3-5-7-13/h3-12,15H,1-2H3,(H,20,23)/t15-/m0/s1. The van der Waals surface area contributed by atoms with Gasteiger partial charge in [-0.1, -0.05) is 49.3 Å². The average molecular weight is 322 g/mol. The number of amides is 1. The van der Waals surface area contributed by atoms with E-state index in [9.17, 15) is 4.79 Å². The molecule has 1 atom stereocenters. The van der Waals surface area contributed by atoms with Crippen LogP contribution in [0.5, 0.6) is 0 Å². The van der Waals surface area contributed by atoms with Crippen LogP contribution in [-0.4, -0.2) is 21.0 Å². The molecule has 6 nitrogen and oxygen atoms in total. The van der Waals surface area contributed by atoms with Crippen LogP contribution in [0.4, 0.5) is 0 Å². The molecule has 1 aromatic carbocycles. The summed E-state index contributed by atoms with van der Waals surface area (Å²) in [5, 5.41) is 6.97. The molecular formula is C18H18N4O2. The monoisotopic (exact) mass is 322 g/mol. The fourth-order valence-electron chi connectivity index (χ4n) is 2.31. The second kappa shape index (κ2) is 7.04. The number of carbonyl (C=O) groups is 1. The van der Waals surface area contributed by atoms with Crippen LogP contribution < -0.4 is 5.32 Å². The van der Waals surface area contributed by atoms with Crippen LogP contribution in [-0.2, 0) is 0 Å². The van der Waals surface area contributed by atoms with Gasteiger partial charge in [-0.15, -0.1) is 0 Å². The zero-order valence-electron chi connectivity index (χ0n) is 13.5. The lowest BCUT2D eigenvalue weighted by molar-refractivity contribution is 0.0914. The molecule has 0 unspecified atom stereocenters. The number of hydrogen-bond acceptors (Lipinski definition) is 5. The highest BCUT2D eigenvalue weighted by Crippen LogP contribution is 2.23. The molecule has 0 spiro atoms. The molecule has 122 valence electrons. The maximum atomic E-state index is 12.4. The van der Waals surface area contributed by atoms with Gasteiger partial charge < -0.3 is 9.84 Å². The molecule has 1 N–H and O–H groups in total. The summed E-state index contributed by atoms with van der Waals surface area (Å²) in [7, 11) is 0. The van der Waals surface area contributed by atoms with Gasteiger partial charge in [-0.2, -0.15) is 4.98 Å². The molecule has 2 heterocycles. The van der Waals surface area contributed by atoms with Gasteiger partial charge in [0.15, 0.2) is 0 Å². The molecule has 0 saturated carbocycles. The van der Waals surface area contributed by atoms with Crippen molar-refractivity contribution in [2.75, 3.05) is 0 Å². The van der Waals surface area contributed by atoms with E-state index in [0.29, 0.717) is 17.3 Å². The molecule has 3 rings (SSSR count). The molecule has 0 bridgehead atoms. The van der Waals surface area contributed by atoms with E-state index in [1.54, 1.807) is 24.5 Å². The van der Waals surface area contributed by atoms with E-state index in [-0.39, 0.29) is 17.9 Å². The average Bonchev–Trinajstić information content (AvgIpc) is 3.10. The van der Waals surface area contributed by atoms with Crippen molar-refractivity contribution >= 4 is 5.91 Å². The van der Waals surface area contributed by atoms with Crippen molar-refractivity contribution in [1.82, 2.24) is 20.4 Å². The Kier molecular flexibility index (Phi) is 4.65. The van der Waals surface area contributed by atoms with Crippen LogP contribution >= 0.6 is 0 Å². The number of pyridine rings is 1. The van der Waals surface area contributed by atoms with Crippen molar-refractivity contribution in [3.8, 4) is 11.4 Å². The predicted octanol–water partition coefficient (Wildman–Crippen LogP) is 3.26. The molecule has 0 aliphatic rings. The minimum atomic E-state index is -0.365. The van der Waals surface area contributed by atoms with E-state index >= 15 is 0 Å². The molecule has 6 heteroatoms. The van der Waals surface area contributed by atoms with Crippen molar-refractivity contribution in [3.63, 3.8) is 0 Å². The fraction of sp³-hybridized carbons (Fsp3) is 0.222. The lowest BCUT2D eigenvalue weighted by Crippen LogP contribution is -2.32. The Hall–Kier alpha value is -3.02. The summed E-state index contributed by atoms with van der Waals surface area (Å²) in [6, 6.07) is 12.5. The summed E-state index contributed by atoms with van der Waals surface area (Å²) in [6.07, 6.45) is 3.17. The van der Waals surface area contributed by atoms with Gasteiger partial charge in [-0.25, -0.2) is 0 Å². The Balaban J connectivity index is 1.82. The van der Waals surface area contributed by atoms with Crippen molar-refractivity contribution in [2.24, 2.45) is 5.92 Å². The Labute approximate surface area is 139 Å². The zero-order valence-corrected chi connectivity index (χ0v) is 13.5. The topological polar surface area (TPSA) is 80.9 Å². The SMILES string of the molecule is CC(C)[C@H](NC(=O)c1ccncc1)c1nc(-c2ccccc2)no1. The van der Waals surface area contributed by atoms with Gasteiger partial charge in [0.2, 0.25) is 11.7 Å². The number of carbonyl (C=O) groups excluding carboxylic acids is 1. The summed E-state index contributed by atoms with van der Waals surface area (Å²) in [5.41, 5.74) is 1.41. The first-order valence-corrected chi connectivity index (χ1v) is 7.75. The van der Waals surface area contributed by atoms with Gasteiger partial charge in [0.1, 0.15) is 6.04 Å². The largest absolute Gasteiger partial charge is 0.340 e. The number of nitrogens with zero attached hydrogens (tertiary/aromatic N) is 3. The van der Waals surface area contributed by atoms with Gasteiger partial charge in [0.25, 0.3) is 5.91 Å². The fourth-order valence-corrected chi connectivity index (χ4v) is 2.31. The third-order valence-electron chi connectivity index (χ3n) is 3.64. The van der Waals surface area contributed by atoms with Crippen molar-refractivity contribution in [1.29, 1.82) is 0 Å². The summed E-state index contributed by atoms with van der Waals surface area (Å²) >= 11 is 0. The molecule has 1 amide bonds. The summed E-state index contributed by atoms with van der Waals surface area (Å²) < 4.78 is 5.39. The first kappa shape index (κ1) is 15.9. The smallest absolute Gasteiger partial charge is 0.252 e. The Morgan fingerprint density at radius 3 is 2.46 bits per heavy atom. The molecule has 24 heavy (non-hydrogen) atoms. The lowest BCUT2D eigenvalue weighted by Gasteiger charge is -2.18. The maximum Gasteiger partial charge on any atom is 0.252 e. The Morgan fingerprint density at radius 2 is 1.79 bits per heavy atom. The highest BCUT2D eigenvalue weighted by Gasteiger charge is 2.25. The van der Waals surface area contributed by atoms with E-state index in [0.717, 1.165) is 5.56 Å². The van der Waals surface area contributed by atoms with Crippen LogP contribution in [0.25, 0.3) is 11.4 Å². The lowest BCUT2D eigenvalue weighted by atomic mass is 10.0. The number of aromatic nitrogens is 3. The van der Waals surface area contributed by atoms with E-state index in [2.05, 4.69) is 20.4 Å². The normalized spacial score (nSPS) is 12.1. The van der Waals surface area contributed by atoms with E-state index in [1.165, 1.54) is 0 Å². The molecule has 0 radical (unpaired) electrons. The highest BCUT2D eigenvalue weighted by atomic mass is 16.5. The molecule has 0 saturated heterocycles. The summed E-state index contributed by atoms with van der Waals surface area (Å²) in [4.78, 5) is 20.7. The van der Waals surface area contributed by atoms with E-state index in [4.69, 9.17) is 4.52 Å². The van der Waals surface area contributed by atoms with Gasteiger partial charge >= 0.3 is 0 Å². The van der Waals surface area contributed by atoms with Crippen molar-refractivity contribution < 1.29 is 9.32 Å². The predicted molar refractivity (Wildman–Crippen MR) is 89.0 cm³/mol. The molecule has 3 aromatic rings. The Bertz CT molecular complexity index is 800. The molecular weight excluding hydrogens is 304 g/mol. The van der Waals surface area contributed by atoms with Gasteiger partial charge in [0.05, 0.1) is 0 Å². The van der Waals surface area contributed by atoms with Crippen molar-refractivity contribution in [3.05, 3.63) is 66.3 Å². The van der Waals surface area contributed by atoms with E-state index in [1.807, 2.05) is 44.2 Å².